The molecule has 1 aliphatic carbocycles. The zero-order valence-electron chi connectivity index (χ0n) is 18.5. The van der Waals surface area contributed by atoms with E-state index in [0.717, 1.165) is 31.2 Å². The molecular weight excluding hydrogens is 421 g/mol. The number of carbonyl (C=O) groups excluding carboxylic acids is 1. The average molecular weight is 448 g/mol. The van der Waals surface area contributed by atoms with Crippen LogP contribution >= 0.6 is 0 Å². The standard InChI is InChI=1S/C24H26FN7O/c1-3-19(16-13-27-28-14-16)29-20(4-2)24(33)30-21-15-32(17-9-6-5-7-10-17)31-23(21)22-18(25)11-8-12-26-22/h3-4,8,11-15,17H,2,5-7,9-10H2,1H3,(H,27,28)(H,30,33)/b19-3-,29-20+. The lowest BCUT2D eigenvalue weighted by Crippen LogP contribution is -2.21. The first-order valence-electron chi connectivity index (χ1n) is 11.0. The number of hydrogen-bond donors (Lipinski definition) is 2. The first-order valence-corrected chi connectivity index (χ1v) is 11.0. The van der Waals surface area contributed by atoms with Crippen molar-refractivity contribution in [1.29, 1.82) is 0 Å². The Morgan fingerprint density at radius 3 is 2.82 bits per heavy atom. The molecule has 0 saturated heterocycles. The lowest BCUT2D eigenvalue weighted by atomic mass is 9.96. The van der Waals surface area contributed by atoms with Crippen molar-refractivity contribution in [1.82, 2.24) is 25.0 Å². The molecule has 8 nitrogen and oxygen atoms in total. The summed E-state index contributed by atoms with van der Waals surface area (Å²) in [6.07, 6.45) is 15.1. The highest BCUT2D eigenvalue weighted by Crippen LogP contribution is 2.33. The van der Waals surface area contributed by atoms with Gasteiger partial charge >= 0.3 is 0 Å². The number of carbonyl (C=O) groups is 1. The second kappa shape index (κ2) is 10.2. The van der Waals surface area contributed by atoms with E-state index in [0.29, 0.717) is 11.4 Å². The number of hydrogen-bond acceptors (Lipinski definition) is 5. The van der Waals surface area contributed by atoms with E-state index < -0.39 is 11.7 Å². The topological polar surface area (TPSA) is 101 Å². The molecule has 3 aromatic heterocycles. The van der Waals surface area contributed by atoms with Gasteiger partial charge in [-0.15, -0.1) is 0 Å². The quantitative estimate of drug-likeness (QED) is 0.501. The third-order valence-electron chi connectivity index (χ3n) is 5.65. The van der Waals surface area contributed by atoms with Crippen molar-refractivity contribution >= 4 is 23.0 Å². The predicted octanol–water partition coefficient (Wildman–Crippen LogP) is 4.94. The van der Waals surface area contributed by atoms with Crippen molar-refractivity contribution in [2.75, 3.05) is 5.32 Å². The third kappa shape index (κ3) is 4.97. The Morgan fingerprint density at radius 2 is 2.15 bits per heavy atom. The molecule has 4 rings (SSSR count). The fourth-order valence-electron chi connectivity index (χ4n) is 3.94. The lowest BCUT2D eigenvalue weighted by Gasteiger charge is -2.21. The molecule has 0 aliphatic heterocycles. The van der Waals surface area contributed by atoms with Gasteiger partial charge in [0.1, 0.15) is 17.1 Å². The largest absolute Gasteiger partial charge is 0.317 e. The van der Waals surface area contributed by atoms with Crippen molar-refractivity contribution in [3.05, 3.63) is 67.0 Å². The van der Waals surface area contributed by atoms with Crippen LogP contribution in [0.15, 0.2) is 60.6 Å². The van der Waals surface area contributed by atoms with Gasteiger partial charge in [-0.1, -0.05) is 31.9 Å². The van der Waals surface area contributed by atoms with Gasteiger partial charge in [-0.2, -0.15) is 10.2 Å². The molecule has 9 heteroatoms. The minimum atomic E-state index is -0.504. The van der Waals surface area contributed by atoms with E-state index >= 15 is 0 Å². The molecule has 2 N–H and O–H groups in total. The van der Waals surface area contributed by atoms with Crippen molar-refractivity contribution < 1.29 is 9.18 Å². The first-order chi connectivity index (χ1) is 16.1. The van der Waals surface area contributed by atoms with E-state index in [1.807, 2.05) is 11.6 Å². The fraction of sp³-hybridized carbons (Fsp3) is 0.292. The summed E-state index contributed by atoms with van der Waals surface area (Å²) in [7, 11) is 0. The molecule has 1 saturated carbocycles. The molecule has 0 atom stereocenters. The highest BCUT2D eigenvalue weighted by Gasteiger charge is 2.23. The Hall–Kier alpha value is -3.88. The van der Waals surface area contributed by atoms with Crippen molar-refractivity contribution in [3.63, 3.8) is 0 Å². The number of aliphatic imine (C=N–C) groups is 1. The van der Waals surface area contributed by atoms with Crippen molar-refractivity contribution in [2.45, 2.75) is 45.1 Å². The van der Waals surface area contributed by atoms with Crippen LogP contribution in [0.3, 0.4) is 0 Å². The molecule has 0 radical (unpaired) electrons. The number of aromatic nitrogens is 5. The smallest absolute Gasteiger partial charge is 0.274 e. The van der Waals surface area contributed by atoms with E-state index in [-0.39, 0.29) is 23.1 Å². The number of nitrogens with one attached hydrogen (secondary N) is 2. The van der Waals surface area contributed by atoms with Gasteiger partial charge in [0, 0.05) is 24.2 Å². The number of nitrogens with zero attached hydrogens (tertiary/aromatic N) is 5. The van der Waals surface area contributed by atoms with Crippen LogP contribution in [0.5, 0.6) is 0 Å². The summed E-state index contributed by atoms with van der Waals surface area (Å²) in [5, 5.41) is 14.1. The van der Waals surface area contributed by atoms with E-state index in [9.17, 15) is 9.18 Å². The SMILES string of the molecule is C=C/C(=N\C(=C/C)c1cn[nH]c1)C(=O)Nc1cn(C2CCCCC2)nc1-c1ncccc1F. The summed E-state index contributed by atoms with van der Waals surface area (Å²) in [5.74, 6) is -0.982. The number of H-pyrrole nitrogens is 1. The van der Waals surface area contributed by atoms with E-state index in [2.05, 4.69) is 37.2 Å². The Kier molecular flexibility index (Phi) is 6.87. The highest BCUT2D eigenvalue weighted by molar-refractivity contribution is 6.47. The predicted molar refractivity (Wildman–Crippen MR) is 126 cm³/mol. The highest BCUT2D eigenvalue weighted by atomic mass is 19.1. The summed E-state index contributed by atoms with van der Waals surface area (Å²) >= 11 is 0. The minimum Gasteiger partial charge on any atom is -0.317 e. The molecule has 33 heavy (non-hydrogen) atoms. The molecule has 0 aromatic carbocycles. The van der Waals surface area contributed by atoms with Gasteiger partial charge in [-0.05, 0) is 38.0 Å². The molecule has 1 fully saturated rings. The molecule has 3 aromatic rings. The van der Waals surface area contributed by atoms with Crippen LogP contribution in [-0.2, 0) is 4.79 Å². The van der Waals surface area contributed by atoms with Crippen LogP contribution in [0.4, 0.5) is 10.1 Å². The number of rotatable bonds is 7. The van der Waals surface area contributed by atoms with Gasteiger partial charge in [0.2, 0.25) is 0 Å². The molecule has 0 spiro atoms. The maximum absolute atomic E-state index is 14.6. The molecule has 3 heterocycles. The number of halogens is 1. The number of allylic oxidation sites excluding steroid dienone is 1. The maximum Gasteiger partial charge on any atom is 0.274 e. The van der Waals surface area contributed by atoms with Gasteiger partial charge < -0.3 is 5.32 Å². The van der Waals surface area contributed by atoms with Crippen LogP contribution in [0.1, 0.15) is 50.6 Å². The van der Waals surface area contributed by atoms with Gasteiger partial charge in [0.05, 0.1) is 23.6 Å². The molecule has 170 valence electrons. The van der Waals surface area contributed by atoms with Crippen LogP contribution in [0.2, 0.25) is 0 Å². The number of aromatic amines is 1. The van der Waals surface area contributed by atoms with Gasteiger partial charge in [-0.3, -0.25) is 19.6 Å². The normalized spacial score (nSPS) is 15.5. The number of anilines is 1. The van der Waals surface area contributed by atoms with Crippen molar-refractivity contribution in [3.8, 4) is 11.4 Å². The van der Waals surface area contributed by atoms with E-state index in [1.165, 1.54) is 30.8 Å². The van der Waals surface area contributed by atoms with Crippen LogP contribution < -0.4 is 5.32 Å². The van der Waals surface area contributed by atoms with Crippen LogP contribution in [0.25, 0.3) is 17.1 Å². The summed E-state index contributed by atoms with van der Waals surface area (Å²) in [6, 6.07) is 3.05. The maximum atomic E-state index is 14.6. The Morgan fingerprint density at radius 1 is 1.33 bits per heavy atom. The van der Waals surface area contributed by atoms with Gasteiger partial charge in [0.15, 0.2) is 5.82 Å². The summed E-state index contributed by atoms with van der Waals surface area (Å²) < 4.78 is 16.4. The summed E-state index contributed by atoms with van der Waals surface area (Å²) in [6.45, 7) is 5.55. The number of pyridine rings is 1. The molecular formula is C24H26FN7O. The van der Waals surface area contributed by atoms with Crippen molar-refractivity contribution in [2.24, 2.45) is 4.99 Å². The Balaban J connectivity index is 1.67. The third-order valence-corrected chi connectivity index (χ3v) is 5.65. The Labute approximate surface area is 191 Å². The molecule has 1 aliphatic rings. The average Bonchev–Trinajstić information content (AvgIpc) is 3.51. The second-order valence-electron chi connectivity index (χ2n) is 7.81. The molecule has 0 bridgehead atoms. The zero-order valence-corrected chi connectivity index (χ0v) is 18.5. The van der Waals surface area contributed by atoms with Crippen LogP contribution in [0, 0.1) is 5.82 Å². The fourth-order valence-corrected chi connectivity index (χ4v) is 3.94. The summed E-state index contributed by atoms with van der Waals surface area (Å²) in [5.41, 5.74) is 2.18. The number of amides is 1. The molecule has 0 unspecified atom stereocenters. The lowest BCUT2D eigenvalue weighted by molar-refractivity contribution is -0.110. The second-order valence-corrected chi connectivity index (χ2v) is 7.81. The minimum absolute atomic E-state index is 0.0898. The zero-order chi connectivity index (χ0) is 23.2. The molecule has 1 amide bonds. The summed E-state index contributed by atoms with van der Waals surface area (Å²) in [4.78, 5) is 21.7. The Bertz CT molecular complexity index is 1190. The van der Waals surface area contributed by atoms with Crippen LogP contribution in [-0.4, -0.2) is 36.6 Å². The first kappa shape index (κ1) is 22.3. The van der Waals surface area contributed by atoms with Gasteiger partial charge in [-0.25, -0.2) is 9.38 Å². The van der Waals surface area contributed by atoms with E-state index in [1.54, 1.807) is 24.7 Å². The van der Waals surface area contributed by atoms with E-state index in [4.69, 9.17) is 0 Å². The monoisotopic (exact) mass is 447 g/mol. The van der Waals surface area contributed by atoms with Gasteiger partial charge in [0.25, 0.3) is 5.91 Å².